The summed E-state index contributed by atoms with van der Waals surface area (Å²) in [7, 11) is 0. The fourth-order valence-corrected chi connectivity index (χ4v) is 4.96. The topological polar surface area (TPSA) is 72.2 Å². The number of anilines is 1. The van der Waals surface area contributed by atoms with E-state index >= 15 is 0 Å². The molecule has 1 aromatic heterocycles. The second-order valence-electron chi connectivity index (χ2n) is 5.85. The fraction of sp³-hybridized carbons (Fsp3) is 0.294. The molecule has 2 amide bonds. The molecule has 3 rings (SSSR count). The number of nitrogens with two attached hydrogens (primary N) is 1. The van der Waals surface area contributed by atoms with Crippen molar-refractivity contribution in [2.45, 2.75) is 26.2 Å². The number of amides is 2. The summed E-state index contributed by atoms with van der Waals surface area (Å²) in [5.74, 6) is -0.0697. The van der Waals surface area contributed by atoms with Gasteiger partial charge in [-0.2, -0.15) is 0 Å². The van der Waals surface area contributed by atoms with E-state index in [1.165, 1.54) is 16.2 Å². The largest absolute Gasteiger partial charge is 0.365 e. The Labute approximate surface area is 152 Å². The lowest BCUT2D eigenvalue weighted by Crippen LogP contribution is -2.19. The Bertz CT molecular complexity index is 785. The summed E-state index contributed by atoms with van der Waals surface area (Å²) in [6.07, 6.45) is 2.84. The van der Waals surface area contributed by atoms with Crippen molar-refractivity contribution in [1.29, 1.82) is 0 Å². The molecule has 120 valence electrons. The van der Waals surface area contributed by atoms with Gasteiger partial charge in [-0.05, 0) is 65.5 Å². The van der Waals surface area contributed by atoms with Gasteiger partial charge < -0.3 is 11.1 Å². The molecule has 2 aromatic rings. The van der Waals surface area contributed by atoms with Crippen LogP contribution in [-0.2, 0) is 12.8 Å². The lowest BCUT2D eigenvalue weighted by atomic mass is 9.88. The van der Waals surface area contributed by atoms with E-state index in [0.29, 0.717) is 22.0 Å². The predicted octanol–water partition coefficient (Wildman–Crippen LogP) is 3.83. The first-order valence-corrected chi connectivity index (χ1v) is 9.37. The van der Waals surface area contributed by atoms with Crippen LogP contribution in [0.4, 0.5) is 5.00 Å². The molecule has 0 saturated carbocycles. The number of hydrogen-bond donors (Lipinski definition) is 2. The molecule has 0 aliphatic heterocycles. The number of rotatable bonds is 3. The lowest BCUT2D eigenvalue weighted by Gasteiger charge is -2.18. The molecule has 3 N–H and O–H groups in total. The molecular formula is C17H17IN2O2S. The Morgan fingerprint density at radius 3 is 2.78 bits per heavy atom. The van der Waals surface area contributed by atoms with Gasteiger partial charge >= 0.3 is 0 Å². The number of carbonyl (C=O) groups is 2. The van der Waals surface area contributed by atoms with Crippen molar-refractivity contribution in [3.63, 3.8) is 0 Å². The number of nitrogens with one attached hydrogen (secondary N) is 1. The number of hydrogen-bond acceptors (Lipinski definition) is 3. The Morgan fingerprint density at radius 2 is 2.09 bits per heavy atom. The van der Waals surface area contributed by atoms with Crippen LogP contribution in [0.2, 0.25) is 0 Å². The van der Waals surface area contributed by atoms with Crippen LogP contribution in [0, 0.1) is 9.49 Å². The van der Waals surface area contributed by atoms with Crippen molar-refractivity contribution < 1.29 is 9.59 Å². The monoisotopic (exact) mass is 440 g/mol. The highest BCUT2D eigenvalue weighted by Gasteiger charge is 2.27. The highest BCUT2D eigenvalue weighted by atomic mass is 127. The molecule has 23 heavy (non-hydrogen) atoms. The first-order valence-electron chi connectivity index (χ1n) is 7.47. The van der Waals surface area contributed by atoms with Crippen LogP contribution in [0.1, 0.15) is 44.5 Å². The standard InChI is InChI=1S/C17H17IN2O2S/c1-9-6-7-11-13(8-9)23-17(14(11)15(19)21)20-16(22)10-4-2-3-5-12(10)18/h2-5,9H,6-8H2,1H3,(H2,19,21)(H,20,22)/t9-/m0/s1. The quantitative estimate of drug-likeness (QED) is 0.713. The SMILES string of the molecule is C[C@H]1CCc2c(sc(NC(=O)c3ccccc3I)c2C(N)=O)C1. The van der Waals surface area contributed by atoms with Crippen LogP contribution in [0.5, 0.6) is 0 Å². The van der Waals surface area contributed by atoms with E-state index in [-0.39, 0.29) is 5.91 Å². The number of fused-ring (bicyclic) bond motifs is 1. The first-order chi connectivity index (χ1) is 11.0. The van der Waals surface area contributed by atoms with Gasteiger partial charge in [-0.3, -0.25) is 9.59 Å². The molecule has 1 atom stereocenters. The van der Waals surface area contributed by atoms with Crippen LogP contribution in [-0.4, -0.2) is 11.8 Å². The summed E-state index contributed by atoms with van der Waals surface area (Å²) in [5.41, 5.74) is 7.70. The molecule has 0 bridgehead atoms. The van der Waals surface area contributed by atoms with E-state index in [0.717, 1.165) is 28.4 Å². The van der Waals surface area contributed by atoms with Gasteiger partial charge in [0, 0.05) is 8.45 Å². The second-order valence-corrected chi connectivity index (χ2v) is 8.12. The van der Waals surface area contributed by atoms with E-state index in [9.17, 15) is 9.59 Å². The summed E-state index contributed by atoms with van der Waals surface area (Å²) < 4.78 is 0.873. The zero-order chi connectivity index (χ0) is 16.6. The molecule has 0 saturated heterocycles. The van der Waals surface area contributed by atoms with Crippen molar-refractivity contribution in [3.8, 4) is 0 Å². The van der Waals surface area contributed by atoms with Crippen molar-refractivity contribution in [2.24, 2.45) is 11.7 Å². The van der Waals surface area contributed by atoms with Gasteiger partial charge in [0.2, 0.25) is 0 Å². The minimum atomic E-state index is -0.463. The normalized spacial score (nSPS) is 16.7. The predicted molar refractivity (Wildman–Crippen MR) is 101 cm³/mol. The Hall–Kier alpha value is -1.41. The Kier molecular flexibility index (Phi) is 4.72. The Morgan fingerprint density at radius 1 is 1.35 bits per heavy atom. The summed E-state index contributed by atoms with van der Waals surface area (Å²) >= 11 is 3.62. The molecule has 0 unspecified atom stereocenters. The van der Waals surface area contributed by atoms with Gasteiger partial charge in [-0.15, -0.1) is 11.3 Å². The second kappa shape index (κ2) is 6.60. The van der Waals surface area contributed by atoms with Crippen molar-refractivity contribution in [3.05, 3.63) is 49.4 Å². The van der Waals surface area contributed by atoms with Gasteiger partial charge in [0.15, 0.2) is 0 Å². The van der Waals surface area contributed by atoms with E-state index in [2.05, 4.69) is 34.8 Å². The molecule has 1 aliphatic rings. The summed E-state index contributed by atoms with van der Waals surface area (Å²) in [5, 5.41) is 3.48. The minimum Gasteiger partial charge on any atom is -0.365 e. The molecule has 6 heteroatoms. The smallest absolute Gasteiger partial charge is 0.257 e. The highest BCUT2D eigenvalue weighted by Crippen LogP contribution is 2.39. The zero-order valence-corrected chi connectivity index (χ0v) is 15.7. The molecule has 1 heterocycles. The molecule has 0 spiro atoms. The molecule has 0 fully saturated rings. The van der Waals surface area contributed by atoms with Crippen LogP contribution < -0.4 is 11.1 Å². The number of primary amides is 1. The van der Waals surface area contributed by atoms with Crippen molar-refractivity contribution in [2.75, 3.05) is 5.32 Å². The van der Waals surface area contributed by atoms with Gasteiger partial charge in [-0.1, -0.05) is 19.1 Å². The van der Waals surface area contributed by atoms with Gasteiger partial charge in [0.1, 0.15) is 5.00 Å². The summed E-state index contributed by atoms with van der Waals surface area (Å²) in [6, 6.07) is 7.37. The highest BCUT2D eigenvalue weighted by molar-refractivity contribution is 14.1. The van der Waals surface area contributed by atoms with E-state index in [4.69, 9.17) is 5.73 Å². The third-order valence-electron chi connectivity index (χ3n) is 4.10. The van der Waals surface area contributed by atoms with Gasteiger partial charge in [0.05, 0.1) is 11.1 Å². The Balaban J connectivity index is 1.96. The van der Waals surface area contributed by atoms with Crippen LogP contribution in [0.15, 0.2) is 24.3 Å². The number of carbonyl (C=O) groups excluding carboxylic acids is 2. The van der Waals surface area contributed by atoms with Gasteiger partial charge in [0.25, 0.3) is 11.8 Å². The maximum absolute atomic E-state index is 12.5. The van der Waals surface area contributed by atoms with Crippen molar-refractivity contribution >= 4 is 50.7 Å². The molecule has 0 radical (unpaired) electrons. The van der Waals surface area contributed by atoms with Gasteiger partial charge in [-0.25, -0.2) is 0 Å². The fourth-order valence-electron chi connectivity index (χ4n) is 2.92. The third kappa shape index (κ3) is 3.28. The van der Waals surface area contributed by atoms with E-state index < -0.39 is 5.91 Å². The lowest BCUT2D eigenvalue weighted by molar-refractivity contribution is 0.1000. The summed E-state index contributed by atoms with van der Waals surface area (Å²) in [6.45, 7) is 2.21. The third-order valence-corrected chi connectivity index (χ3v) is 6.21. The van der Waals surface area contributed by atoms with Crippen molar-refractivity contribution in [1.82, 2.24) is 0 Å². The van der Waals surface area contributed by atoms with Crippen LogP contribution in [0.25, 0.3) is 0 Å². The first kappa shape index (κ1) is 16.4. The van der Waals surface area contributed by atoms with Crippen LogP contribution >= 0.6 is 33.9 Å². The molecule has 1 aliphatic carbocycles. The molecular weight excluding hydrogens is 423 g/mol. The minimum absolute atomic E-state index is 0.204. The molecule has 4 nitrogen and oxygen atoms in total. The number of thiophene rings is 1. The average Bonchev–Trinajstić information content (AvgIpc) is 2.84. The number of halogens is 1. The van der Waals surface area contributed by atoms with Crippen LogP contribution in [0.3, 0.4) is 0 Å². The maximum atomic E-state index is 12.5. The average molecular weight is 440 g/mol. The van der Waals surface area contributed by atoms with E-state index in [1.54, 1.807) is 6.07 Å². The van der Waals surface area contributed by atoms with E-state index in [1.807, 2.05) is 18.2 Å². The maximum Gasteiger partial charge on any atom is 0.257 e. The molecule has 1 aromatic carbocycles. The number of benzene rings is 1. The summed E-state index contributed by atoms with van der Waals surface area (Å²) in [4.78, 5) is 25.6. The zero-order valence-electron chi connectivity index (χ0n) is 12.7.